The van der Waals surface area contributed by atoms with Crippen molar-refractivity contribution in [3.05, 3.63) is 54.1 Å². The van der Waals surface area contributed by atoms with Crippen molar-refractivity contribution in [2.24, 2.45) is 0 Å². The van der Waals surface area contributed by atoms with Crippen LogP contribution in [0.4, 0.5) is 4.79 Å². The molecule has 1 aliphatic rings. The minimum absolute atomic E-state index is 0.0615. The molecule has 2 atom stereocenters. The van der Waals surface area contributed by atoms with Gasteiger partial charge < -0.3 is 14.2 Å². The largest absolute Gasteiger partial charge is 0.449 e. The van der Waals surface area contributed by atoms with Gasteiger partial charge >= 0.3 is 6.09 Å². The van der Waals surface area contributed by atoms with Crippen molar-refractivity contribution >= 4 is 6.09 Å². The van der Waals surface area contributed by atoms with E-state index in [2.05, 4.69) is 4.98 Å². The lowest BCUT2D eigenvalue weighted by Crippen LogP contribution is -2.15. The molecular formula is C18H22N2O4. The van der Waals surface area contributed by atoms with Gasteiger partial charge in [-0.3, -0.25) is 0 Å². The SMILES string of the molecule is CCOC(=O)n1cnc([C@@H]2CC[C@H](COCc3ccccc3)O2)c1. The molecule has 2 aromatic rings. The van der Waals surface area contributed by atoms with Crippen LogP contribution in [-0.2, 0) is 20.8 Å². The molecule has 0 amide bonds. The molecule has 0 aliphatic carbocycles. The van der Waals surface area contributed by atoms with Crippen LogP contribution in [0.25, 0.3) is 0 Å². The Hall–Kier alpha value is -2.18. The van der Waals surface area contributed by atoms with E-state index in [9.17, 15) is 4.79 Å². The number of nitrogens with zero attached hydrogens (tertiary/aromatic N) is 2. The molecular weight excluding hydrogens is 308 g/mol. The second-order valence-corrected chi connectivity index (χ2v) is 5.73. The lowest BCUT2D eigenvalue weighted by Gasteiger charge is -2.12. The average Bonchev–Trinajstić information content (AvgIpc) is 3.25. The molecule has 1 aromatic heterocycles. The molecule has 3 rings (SSSR count). The Kier molecular flexibility index (Phi) is 5.61. The van der Waals surface area contributed by atoms with Gasteiger partial charge in [-0.05, 0) is 25.3 Å². The van der Waals surface area contributed by atoms with Gasteiger partial charge in [0.1, 0.15) is 12.4 Å². The maximum absolute atomic E-state index is 11.7. The van der Waals surface area contributed by atoms with Crippen molar-refractivity contribution in [2.75, 3.05) is 13.2 Å². The standard InChI is InChI=1S/C18H22N2O4/c1-2-23-18(21)20-10-16(19-13-20)17-9-8-15(24-17)12-22-11-14-6-4-3-5-7-14/h3-7,10,13,15,17H,2,8-9,11-12H2,1H3/t15-,17+/m1/s1. The molecule has 0 N–H and O–H groups in total. The summed E-state index contributed by atoms with van der Waals surface area (Å²) in [5.41, 5.74) is 1.91. The predicted molar refractivity (Wildman–Crippen MR) is 87.6 cm³/mol. The number of carbonyl (C=O) groups excluding carboxylic acids is 1. The second-order valence-electron chi connectivity index (χ2n) is 5.73. The summed E-state index contributed by atoms with van der Waals surface area (Å²) in [6, 6.07) is 10.1. The zero-order chi connectivity index (χ0) is 16.8. The summed E-state index contributed by atoms with van der Waals surface area (Å²) in [5.74, 6) is 0. The number of imidazole rings is 1. The molecule has 1 saturated heterocycles. The van der Waals surface area contributed by atoms with Crippen LogP contribution in [0.2, 0.25) is 0 Å². The van der Waals surface area contributed by atoms with Crippen LogP contribution in [-0.4, -0.2) is 35.0 Å². The van der Waals surface area contributed by atoms with Crippen molar-refractivity contribution in [2.45, 2.75) is 38.6 Å². The number of aromatic nitrogens is 2. The topological polar surface area (TPSA) is 62.6 Å². The lowest BCUT2D eigenvalue weighted by atomic mass is 10.1. The number of hydrogen-bond acceptors (Lipinski definition) is 5. The Bertz CT molecular complexity index is 656. The molecule has 6 nitrogen and oxygen atoms in total. The van der Waals surface area contributed by atoms with Crippen molar-refractivity contribution in [1.82, 2.24) is 9.55 Å². The first kappa shape index (κ1) is 16.7. The van der Waals surface area contributed by atoms with Crippen LogP contribution in [0.5, 0.6) is 0 Å². The smallest absolute Gasteiger partial charge is 0.419 e. The van der Waals surface area contributed by atoms with Gasteiger partial charge in [0.05, 0.1) is 31.6 Å². The van der Waals surface area contributed by atoms with Crippen LogP contribution in [0.3, 0.4) is 0 Å². The fourth-order valence-electron chi connectivity index (χ4n) is 2.73. The van der Waals surface area contributed by atoms with Gasteiger partial charge in [-0.25, -0.2) is 14.3 Å². The number of benzene rings is 1. The highest BCUT2D eigenvalue weighted by atomic mass is 16.6. The summed E-state index contributed by atoms with van der Waals surface area (Å²) in [6.45, 7) is 3.26. The van der Waals surface area contributed by atoms with Crippen LogP contribution in [0, 0.1) is 0 Å². The average molecular weight is 330 g/mol. The molecule has 6 heteroatoms. The van der Waals surface area contributed by atoms with E-state index in [1.54, 1.807) is 13.1 Å². The fraction of sp³-hybridized carbons (Fsp3) is 0.444. The first-order chi connectivity index (χ1) is 11.8. The number of carbonyl (C=O) groups is 1. The van der Waals surface area contributed by atoms with E-state index < -0.39 is 6.09 Å². The normalized spacial score (nSPS) is 20.2. The summed E-state index contributed by atoms with van der Waals surface area (Å²) in [5, 5.41) is 0. The van der Waals surface area contributed by atoms with E-state index in [-0.39, 0.29) is 12.2 Å². The summed E-state index contributed by atoms with van der Waals surface area (Å²) in [7, 11) is 0. The Morgan fingerprint density at radius 1 is 1.33 bits per heavy atom. The van der Waals surface area contributed by atoms with E-state index in [1.807, 2.05) is 30.3 Å². The zero-order valence-electron chi connectivity index (χ0n) is 13.8. The molecule has 0 spiro atoms. The van der Waals surface area contributed by atoms with Gasteiger partial charge in [0.25, 0.3) is 0 Å². The molecule has 0 saturated carbocycles. The highest BCUT2D eigenvalue weighted by Gasteiger charge is 2.28. The molecule has 1 fully saturated rings. The monoisotopic (exact) mass is 330 g/mol. The molecule has 128 valence electrons. The van der Waals surface area contributed by atoms with Crippen LogP contribution in [0.15, 0.2) is 42.9 Å². The quantitative estimate of drug-likeness (QED) is 0.813. The Morgan fingerprint density at radius 2 is 2.17 bits per heavy atom. The van der Waals surface area contributed by atoms with Crippen molar-refractivity contribution < 1.29 is 19.0 Å². The summed E-state index contributed by atoms with van der Waals surface area (Å²) < 4.78 is 18.0. The van der Waals surface area contributed by atoms with Gasteiger partial charge in [0, 0.05) is 6.20 Å². The molecule has 1 aromatic carbocycles. The molecule has 1 aliphatic heterocycles. The maximum Gasteiger partial charge on any atom is 0.419 e. The van der Waals surface area contributed by atoms with E-state index in [0.29, 0.717) is 19.8 Å². The molecule has 0 radical (unpaired) electrons. The molecule has 24 heavy (non-hydrogen) atoms. The Balaban J connectivity index is 1.46. The molecule has 0 bridgehead atoms. The first-order valence-corrected chi connectivity index (χ1v) is 8.24. The summed E-state index contributed by atoms with van der Waals surface area (Å²) in [6.07, 6.45) is 4.49. The van der Waals surface area contributed by atoms with E-state index in [0.717, 1.165) is 24.1 Å². The maximum atomic E-state index is 11.7. The van der Waals surface area contributed by atoms with Crippen molar-refractivity contribution in [3.63, 3.8) is 0 Å². The third-order valence-electron chi connectivity index (χ3n) is 3.93. The van der Waals surface area contributed by atoms with Crippen LogP contribution < -0.4 is 0 Å². The summed E-state index contributed by atoms with van der Waals surface area (Å²) in [4.78, 5) is 15.9. The van der Waals surface area contributed by atoms with Crippen LogP contribution in [0.1, 0.15) is 37.1 Å². The fourth-order valence-corrected chi connectivity index (χ4v) is 2.73. The van der Waals surface area contributed by atoms with Gasteiger partial charge in [0.2, 0.25) is 0 Å². The minimum atomic E-state index is -0.419. The number of hydrogen-bond donors (Lipinski definition) is 0. The third-order valence-corrected chi connectivity index (χ3v) is 3.93. The number of ether oxygens (including phenoxy) is 3. The van der Waals surface area contributed by atoms with Crippen molar-refractivity contribution in [1.29, 1.82) is 0 Å². The van der Waals surface area contributed by atoms with E-state index in [4.69, 9.17) is 14.2 Å². The second kappa shape index (κ2) is 8.08. The highest BCUT2D eigenvalue weighted by Crippen LogP contribution is 2.31. The van der Waals surface area contributed by atoms with Crippen LogP contribution >= 0.6 is 0 Å². The van der Waals surface area contributed by atoms with Crippen molar-refractivity contribution in [3.8, 4) is 0 Å². The zero-order valence-corrected chi connectivity index (χ0v) is 13.8. The van der Waals surface area contributed by atoms with Gasteiger partial charge in [-0.1, -0.05) is 30.3 Å². The Morgan fingerprint density at radius 3 is 2.96 bits per heavy atom. The predicted octanol–water partition coefficient (Wildman–Crippen LogP) is 3.32. The van der Waals surface area contributed by atoms with E-state index >= 15 is 0 Å². The highest BCUT2D eigenvalue weighted by molar-refractivity contribution is 5.70. The van der Waals surface area contributed by atoms with Gasteiger partial charge in [-0.2, -0.15) is 0 Å². The molecule has 0 unspecified atom stereocenters. The first-order valence-electron chi connectivity index (χ1n) is 8.24. The minimum Gasteiger partial charge on any atom is -0.449 e. The van der Waals surface area contributed by atoms with Gasteiger partial charge in [0.15, 0.2) is 0 Å². The third kappa shape index (κ3) is 4.21. The number of rotatable bonds is 6. The summed E-state index contributed by atoms with van der Waals surface area (Å²) >= 11 is 0. The lowest BCUT2D eigenvalue weighted by molar-refractivity contribution is -0.0215. The van der Waals surface area contributed by atoms with Gasteiger partial charge in [-0.15, -0.1) is 0 Å². The van der Waals surface area contributed by atoms with E-state index in [1.165, 1.54) is 10.9 Å². The molecule has 2 heterocycles. The Labute approximate surface area is 141 Å².